The van der Waals surface area contributed by atoms with E-state index in [9.17, 15) is 9.59 Å². The van der Waals surface area contributed by atoms with Gasteiger partial charge in [0.1, 0.15) is 0 Å². The maximum atomic E-state index is 11.6. The normalized spacial score (nSPS) is 10.4. The van der Waals surface area contributed by atoms with E-state index in [-0.39, 0.29) is 23.4 Å². The lowest BCUT2D eigenvalue weighted by Gasteiger charge is -2.05. The van der Waals surface area contributed by atoms with Crippen molar-refractivity contribution in [3.05, 3.63) is 41.7 Å². The molecule has 2 amide bonds. The Morgan fingerprint density at radius 3 is 2.53 bits per heavy atom. The first-order valence-corrected chi connectivity index (χ1v) is 4.82. The number of nitrogens with two attached hydrogens (primary N) is 2. The topological polar surface area (TPSA) is 118 Å². The lowest BCUT2D eigenvalue weighted by molar-refractivity contribution is 0.0958. The predicted octanol–water partition coefficient (Wildman–Crippen LogP) is 0.169. The summed E-state index contributed by atoms with van der Waals surface area (Å²) in [6, 6.07) is 4.19. The molecular weight excluding hydrogens is 222 g/mol. The van der Waals surface area contributed by atoms with Crippen LogP contribution in [0.2, 0.25) is 0 Å². The molecule has 0 aliphatic carbocycles. The summed E-state index contributed by atoms with van der Waals surface area (Å²) in [7, 11) is 0. The zero-order chi connectivity index (χ0) is 12.8. The fourth-order valence-corrected chi connectivity index (χ4v) is 1.23. The van der Waals surface area contributed by atoms with Crippen molar-refractivity contribution in [1.82, 2.24) is 5.32 Å². The van der Waals surface area contributed by atoms with Crippen molar-refractivity contribution in [3.63, 3.8) is 0 Å². The maximum Gasteiger partial charge on any atom is 0.251 e. The first kappa shape index (κ1) is 12.6. The lowest BCUT2D eigenvalue weighted by atomic mass is 10.1. The molecule has 6 nitrogen and oxygen atoms in total. The highest BCUT2D eigenvalue weighted by atomic mass is 16.2. The molecular formula is C11H13N3O3. The summed E-state index contributed by atoms with van der Waals surface area (Å²) in [5, 5.41) is 10.9. The van der Waals surface area contributed by atoms with Gasteiger partial charge in [0.05, 0.1) is 6.26 Å². The Labute approximate surface area is 97.9 Å². The highest BCUT2D eigenvalue weighted by Crippen LogP contribution is 2.11. The molecule has 0 saturated carbocycles. The number of anilines is 1. The van der Waals surface area contributed by atoms with E-state index in [0.29, 0.717) is 0 Å². The van der Waals surface area contributed by atoms with Gasteiger partial charge in [-0.1, -0.05) is 0 Å². The van der Waals surface area contributed by atoms with E-state index in [2.05, 4.69) is 5.32 Å². The van der Waals surface area contributed by atoms with Crippen LogP contribution in [0.15, 0.2) is 30.5 Å². The second kappa shape index (κ2) is 5.55. The number of primary amides is 1. The monoisotopic (exact) mass is 235 g/mol. The molecule has 90 valence electrons. The molecule has 0 saturated heterocycles. The molecule has 17 heavy (non-hydrogen) atoms. The zero-order valence-corrected chi connectivity index (χ0v) is 9.01. The fraction of sp³-hybridized carbons (Fsp3) is 0.0909. The Hall–Kier alpha value is -2.50. The molecule has 1 aromatic carbocycles. The van der Waals surface area contributed by atoms with Crippen molar-refractivity contribution in [2.45, 2.75) is 0 Å². The smallest absolute Gasteiger partial charge is 0.251 e. The van der Waals surface area contributed by atoms with Crippen LogP contribution in [-0.2, 0) is 0 Å². The summed E-state index contributed by atoms with van der Waals surface area (Å²) in [5.74, 6) is -1.06. The highest BCUT2D eigenvalue weighted by Gasteiger charge is 2.09. The van der Waals surface area contributed by atoms with Crippen LogP contribution in [0.1, 0.15) is 20.7 Å². The number of aliphatic hydroxyl groups is 1. The summed E-state index contributed by atoms with van der Waals surface area (Å²) < 4.78 is 0. The van der Waals surface area contributed by atoms with Crippen LogP contribution in [0.3, 0.4) is 0 Å². The molecule has 0 aliphatic heterocycles. The van der Waals surface area contributed by atoms with Gasteiger partial charge in [-0.05, 0) is 24.3 Å². The van der Waals surface area contributed by atoms with Crippen molar-refractivity contribution >= 4 is 17.5 Å². The highest BCUT2D eigenvalue weighted by molar-refractivity contribution is 6.00. The second-order valence-corrected chi connectivity index (χ2v) is 3.30. The van der Waals surface area contributed by atoms with Gasteiger partial charge in [-0.2, -0.15) is 0 Å². The zero-order valence-electron chi connectivity index (χ0n) is 9.01. The summed E-state index contributed by atoms with van der Waals surface area (Å²) in [4.78, 5) is 22.6. The molecule has 1 rings (SSSR count). The average molecular weight is 235 g/mol. The molecule has 0 fully saturated rings. The molecule has 6 N–H and O–H groups in total. The number of benzene rings is 1. The molecule has 0 heterocycles. The van der Waals surface area contributed by atoms with Gasteiger partial charge in [0, 0.05) is 23.4 Å². The summed E-state index contributed by atoms with van der Waals surface area (Å²) in [5.41, 5.74) is 11.3. The molecule has 0 unspecified atom stereocenters. The van der Waals surface area contributed by atoms with E-state index in [0.717, 1.165) is 6.26 Å². The van der Waals surface area contributed by atoms with Gasteiger partial charge in [0.2, 0.25) is 5.91 Å². The van der Waals surface area contributed by atoms with Crippen molar-refractivity contribution in [2.75, 3.05) is 12.3 Å². The molecule has 0 radical (unpaired) electrons. The number of carbonyl (C=O) groups excluding carboxylic acids is 2. The van der Waals surface area contributed by atoms with Crippen molar-refractivity contribution < 1.29 is 14.7 Å². The van der Waals surface area contributed by atoms with Crippen LogP contribution >= 0.6 is 0 Å². The van der Waals surface area contributed by atoms with Gasteiger partial charge in [0.15, 0.2) is 0 Å². The van der Waals surface area contributed by atoms with Gasteiger partial charge < -0.3 is 21.9 Å². The van der Waals surface area contributed by atoms with E-state index in [1.165, 1.54) is 24.3 Å². The number of aliphatic hydroxyl groups excluding tert-OH is 1. The largest absolute Gasteiger partial charge is 0.516 e. The third kappa shape index (κ3) is 3.53. The summed E-state index contributed by atoms with van der Waals surface area (Å²) >= 11 is 0. The van der Waals surface area contributed by atoms with Crippen molar-refractivity contribution in [1.29, 1.82) is 0 Å². The number of rotatable bonds is 4. The van der Waals surface area contributed by atoms with E-state index in [4.69, 9.17) is 16.6 Å². The van der Waals surface area contributed by atoms with Gasteiger partial charge in [-0.3, -0.25) is 9.59 Å². The van der Waals surface area contributed by atoms with Gasteiger partial charge >= 0.3 is 0 Å². The Bertz CT molecular complexity index is 469. The van der Waals surface area contributed by atoms with Crippen LogP contribution in [0, 0.1) is 0 Å². The van der Waals surface area contributed by atoms with Gasteiger partial charge in [-0.25, -0.2) is 0 Å². The number of hydrogen-bond donors (Lipinski definition) is 4. The fourth-order valence-electron chi connectivity index (χ4n) is 1.23. The Kier molecular flexibility index (Phi) is 4.10. The Morgan fingerprint density at radius 2 is 1.94 bits per heavy atom. The average Bonchev–Trinajstić information content (AvgIpc) is 2.28. The minimum Gasteiger partial charge on any atom is -0.516 e. The second-order valence-electron chi connectivity index (χ2n) is 3.30. The lowest BCUT2D eigenvalue weighted by Crippen LogP contribution is -2.24. The quantitative estimate of drug-likeness (QED) is 0.439. The minimum atomic E-state index is -0.651. The molecule has 0 bridgehead atoms. The third-order valence-electron chi connectivity index (χ3n) is 1.99. The maximum absolute atomic E-state index is 11.6. The number of carbonyl (C=O) groups is 2. The first-order valence-electron chi connectivity index (χ1n) is 4.82. The van der Waals surface area contributed by atoms with Gasteiger partial charge in [0.25, 0.3) is 5.91 Å². The molecule has 6 heteroatoms. The number of hydrogen-bond acceptors (Lipinski definition) is 4. The Balaban J connectivity index is 2.90. The van der Waals surface area contributed by atoms with E-state index in [1.54, 1.807) is 0 Å². The third-order valence-corrected chi connectivity index (χ3v) is 1.99. The van der Waals surface area contributed by atoms with E-state index >= 15 is 0 Å². The minimum absolute atomic E-state index is 0.174. The number of amides is 2. The van der Waals surface area contributed by atoms with Crippen LogP contribution in [0.25, 0.3) is 0 Å². The SMILES string of the molecule is NC(=O)c1cc(N)cc(C(=O)NCC=CO)c1. The Morgan fingerprint density at radius 1 is 1.29 bits per heavy atom. The summed E-state index contributed by atoms with van der Waals surface area (Å²) in [6.07, 6.45) is 2.19. The number of nitrogen functional groups attached to an aromatic ring is 1. The van der Waals surface area contributed by atoms with E-state index in [1.807, 2.05) is 0 Å². The molecule has 0 spiro atoms. The van der Waals surface area contributed by atoms with Crippen LogP contribution in [-0.4, -0.2) is 23.5 Å². The molecule has 0 aromatic heterocycles. The van der Waals surface area contributed by atoms with Crippen LogP contribution < -0.4 is 16.8 Å². The van der Waals surface area contributed by atoms with Gasteiger partial charge in [-0.15, -0.1) is 0 Å². The first-order chi connectivity index (χ1) is 8.04. The predicted molar refractivity (Wildman–Crippen MR) is 63.5 cm³/mol. The van der Waals surface area contributed by atoms with E-state index < -0.39 is 11.8 Å². The van der Waals surface area contributed by atoms with Crippen LogP contribution in [0.4, 0.5) is 5.69 Å². The number of nitrogens with one attached hydrogen (secondary N) is 1. The standard InChI is InChI=1S/C11H13N3O3/c12-9-5-7(10(13)16)4-8(6-9)11(17)14-2-1-3-15/h1,3-6,15H,2,12H2,(H2,13,16)(H,14,17). The molecule has 0 aliphatic rings. The molecule has 1 aromatic rings. The van der Waals surface area contributed by atoms with Crippen molar-refractivity contribution in [3.8, 4) is 0 Å². The molecule has 0 atom stereocenters. The summed E-state index contributed by atoms with van der Waals surface area (Å²) in [6.45, 7) is 0.177. The van der Waals surface area contributed by atoms with Crippen molar-refractivity contribution in [2.24, 2.45) is 5.73 Å². The van der Waals surface area contributed by atoms with Crippen LogP contribution in [0.5, 0.6) is 0 Å².